The predicted octanol–water partition coefficient (Wildman–Crippen LogP) is 6.74. The van der Waals surface area contributed by atoms with Crippen molar-refractivity contribution < 1.29 is 13.2 Å². The van der Waals surface area contributed by atoms with E-state index < -0.39 is 11.7 Å². The summed E-state index contributed by atoms with van der Waals surface area (Å²) in [6, 6.07) is 19.4. The summed E-state index contributed by atoms with van der Waals surface area (Å²) in [5.41, 5.74) is 1.14. The van der Waals surface area contributed by atoms with Gasteiger partial charge in [-0.2, -0.15) is 13.2 Å². The van der Waals surface area contributed by atoms with Crippen LogP contribution in [0.15, 0.2) is 66.7 Å². The van der Waals surface area contributed by atoms with Crippen molar-refractivity contribution in [3.63, 3.8) is 0 Å². The number of halogens is 3. The summed E-state index contributed by atoms with van der Waals surface area (Å²) in [6.07, 6.45) is -4.31. The van der Waals surface area contributed by atoms with E-state index in [9.17, 15) is 13.2 Å². The summed E-state index contributed by atoms with van der Waals surface area (Å²) in [5, 5.41) is 2.25. The molecule has 0 bridgehead atoms. The van der Waals surface area contributed by atoms with E-state index in [4.69, 9.17) is 0 Å². The second-order valence-electron chi connectivity index (χ2n) is 5.35. The number of hydrogen-bond donors (Lipinski definition) is 0. The first-order chi connectivity index (χ1) is 11.0. The molecule has 0 nitrogen and oxygen atoms in total. The third-order valence-electron chi connectivity index (χ3n) is 3.93. The van der Waals surface area contributed by atoms with Gasteiger partial charge in [0.1, 0.15) is 0 Å². The fourth-order valence-electron chi connectivity index (χ4n) is 2.85. The fraction of sp³-hybridized carbons (Fsp3) is 0.0526. The van der Waals surface area contributed by atoms with Crippen molar-refractivity contribution in [2.45, 2.75) is 6.18 Å². The lowest BCUT2D eigenvalue weighted by Crippen LogP contribution is -2.03. The van der Waals surface area contributed by atoms with E-state index in [-0.39, 0.29) is 0 Å². The standard InChI is InChI=1S/C19H11F3S/c20-19(21,22)13-10-8-12(9-11-13)14-5-3-7-17-18(14)15-4-1-2-6-16(15)23-17/h1-11H. The molecule has 23 heavy (non-hydrogen) atoms. The average molecular weight is 328 g/mol. The van der Waals surface area contributed by atoms with Gasteiger partial charge in [-0.05, 0) is 35.4 Å². The first-order valence-corrected chi connectivity index (χ1v) is 7.93. The molecule has 0 aliphatic rings. The molecule has 4 rings (SSSR count). The van der Waals surface area contributed by atoms with E-state index in [0.717, 1.165) is 38.7 Å². The highest BCUT2D eigenvalue weighted by atomic mass is 32.1. The van der Waals surface area contributed by atoms with Crippen molar-refractivity contribution in [1.82, 2.24) is 0 Å². The largest absolute Gasteiger partial charge is 0.416 e. The molecule has 0 saturated heterocycles. The Morgan fingerprint density at radius 3 is 2.13 bits per heavy atom. The van der Waals surface area contributed by atoms with Crippen LogP contribution in [0.3, 0.4) is 0 Å². The fourth-order valence-corrected chi connectivity index (χ4v) is 3.99. The van der Waals surface area contributed by atoms with Crippen LogP contribution in [0.1, 0.15) is 5.56 Å². The highest BCUT2D eigenvalue weighted by Crippen LogP contribution is 2.40. The molecule has 0 fully saturated rings. The lowest BCUT2D eigenvalue weighted by Gasteiger charge is -2.09. The Hall–Kier alpha value is -2.33. The van der Waals surface area contributed by atoms with Crippen molar-refractivity contribution in [2.24, 2.45) is 0 Å². The van der Waals surface area contributed by atoms with Crippen LogP contribution in [0.4, 0.5) is 13.2 Å². The normalized spacial score (nSPS) is 12.1. The minimum absolute atomic E-state index is 0.622. The maximum absolute atomic E-state index is 12.7. The Balaban J connectivity index is 1.95. The van der Waals surface area contributed by atoms with E-state index >= 15 is 0 Å². The Bertz CT molecular complexity index is 995. The molecule has 1 heterocycles. The lowest BCUT2D eigenvalue weighted by atomic mass is 9.98. The molecular weight excluding hydrogens is 317 g/mol. The van der Waals surface area contributed by atoms with Gasteiger partial charge in [-0.1, -0.05) is 42.5 Å². The van der Waals surface area contributed by atoms with Crippen molar-refractivity contribution in [2.75, 3.05) is 0 Å². The van der Waals surface area contributed by atoms with Crippen LogP contribution < -0.4 is 0 Å². The zero-order valence-corrected chi connectivity index (χ0v) is 12.7. The molecule has 0 amide bonds. The van der Waals surface area contributed by atoms with Gasteiger partial charge in [0.2, 0.25) is 0 Å². The Morgan fingerprint density at radius 1 is 0.696 bits per heavy atom. The first kappa shape index (κ1) is 14.3. The van der Waals surface area contributed by atoms with Crippen molar-refractivity contribution in [3.8, 4) is 11.1 Å². The van der Waals surface area contributed by atoms with Gasteiger partial charge in [0, 0.05) is 20.2 Å². The summed E-state index contributed by atoms with van der Waals surface area (Å²) in [7, 11) is 0. The number of fused-ring (bicyclic) bond motifs is 3. The minimum atomic E-state index is -4.31. The van der Waals surface area contributed by atoms with Crippen LogP contribution in [0.5, 0.6) is 0 Å². The van der Waals surface area contributed by atoms with Crippen molar-refractivity contribution in [3.05, 3.63) is 72.3 Å². The van der Waals surface area contributed by atoms with Crippen molar-refractivity contribution >= 4 is 31.5 Å². The van der Waals surface area contributed by atoms with Gasteiger partial charge in [-0.25, -0.2) is 0 Å². The summed E-state index contributed by atoms with van der Waals surface area (Å²) in [6.45, 7) is 0. The number of thiophene rings is 1. The maximum Gasteiger partial charge on any atom is 0.416 e. The predicted molar refractivity (Wildman–Crippen MR) is 89.8 cm³/mol. The Morgan fingerprint density at radius 2 is 1.39 bits per heavy atom. The second kappa shape index (κ2) is 5.10. The zero-order chi connectivity index (χ0) is 16.0. The molecule has 0 unspecified atom stereocenters. The van der Waals surface area contributed by atoms with E-state index in [1.807, 2.05) is 30.3 Å². The lowest BCUT2D eigenvalue weighted by molar-refractivity contribution is -0.137. The van der Waals surface area contributed by atoms with Crippen LogP contribution in [0.25, 0.3) is 31.3 Å². The van der Waals surface area contributed by atoms with Gasteiger partial charge in [0.25, 0.3) is 0 Å². The summed E-state index contributed by atoms with van der Waals surface area (Å²) in [4.78, 5) is 0. The monoisotopic (exact) mass is 328 g/mol. The SMILES string of the molecule is FC(F)(F)c1ccc(-c2cccc3sc4ccccc4c23)cc1. The molecule has 0 aliphatic heterocycles. The van der Waals surface area contributed by atoms with Crippen molar-refractivity contribution in [1.29, 1.82) is 0 Å². The quantitative estimate of drug-likeness (QED) is 0.363. The van der Waals surface area contributed by atoms with Crippen LogP contribution in [-0.2, 0) is 6.18 Å². The highest BCUT2D eigenvalue weighted by Gasteiger charge is 2.30. The minimum Gasteiger partial charge on any atom is -0.166 e. The summed E-state index contributed by atoms with van der Waals surface area (Å²) in [5.74, 6) is 0. The number of hydrogen-bond acceptors (Lipinski definition) is 1. The molecule has 0 saturated carbocycles. The maximum atomic E-state index is 12.7. The van der Waals surface area contributed by atoms with E-state index in [2.05, 4.69) is 12.1 Å². The molecule has 0 N–H and O–H groups in total. The van der Waals surface area contributed by atoms with Gasteiger partial charge in [-0.15, -0.1) is 11.3 Å². The van der Waals surface area contributed by atoms with Gasteiger partial charge >= 0.3 is 6.18 Å². The van der Waals surface area contributed by atoms with Gasteiger partial charge in [-0.3, -0.25) is 0 Å². The van der Waals surface area contributed by atoms with Crippen LogP contribution in [0.2, 0.25) is 0 Å². The number of alkyl halides is 3. The number of benzene rings is 3. The average Bonchev–Trinajstić information content (AvgIpc) is 2.93. The Labute approximate surface area is 134 Å². The molecule has 4 heteroatoms. The molecule has 114 valence electrons. The van der Waals surface area contributed by atoms with E-state index in [1.165, 1.54) is 4.70 Å². The smallest absolute Gasteiger partial charge is 0.166 e. The molecule has 0 spiro atoms. The molecule has 0 aliphatic carbocycles. The van der Waals surface area contributed by atoms with Gasteiger partial charge in [0.05, 0.1) is 5.56 Å². The first-order valence-electron chi connectivity index (χ1n) is 7.12. The van der Waals surface area contributed by atoms with Gasteiger partial charge in [0.15, 0.2) is 0 Å². The topological polar surface area (TPSA) is 0 Å². The van der Waals surface area contributed by atoms with Crippen LogP contribution in [-0.4, -0.2) is 0 Å². The van der Waals surface area contributed by atoms with Crippen LogP contribution >= 0.6 is 11.3 Å². The molecule has 0 radical (unpaired) electrons. The summed E-state index contributed by atoms with van der Waals surface area (Å²) < 4.78 is 40.5. The molecular formula is C19H11F3S. The molecule has 1 aromatic heterocycles. The van der Waals surface area contributed by atoms with E-state index in [0.29, 0.717) is 0 Å². The zero-order valence-electron chi connectivity index (χ0n) is 11.9. The molecule has 4 aromatic rings. The summed E-state index contributed by atoms with van der Waals surface area (Å²) >= 11 is 1.70. The van der Waals surface area contributed by atoms with E-state index in [1.54, 1.807) is 23.5 Å². The second-order valence-corrected chi connectivity index (χ2v) is 6.44. The highest BCUT2D eigenvalue weighted by molar-refractivity contribution is 7.25. The third-order valence-corrected chi connectivity index (χ3v) is 5.06. The third kappa shape index (κ3) is 2.39. The Kier molecular flexibility index (Phi) is 3.16. The van der Waals surface area contributed by atoms with Gasteiger partial charge < -0.3 is 0 Å². The number of rotatable bonds is 1. The molecule has 0 atom stereocenters. The van der Waals surface area contributed by atoms with Crippen LogP contribution in [0, 0.1) is 0 Å². The molecule has 3 aromatic carbocycles.